The molecule has 1 aliphatic heterocycles. The minimum Gasteiger partial charge on any atom is -0.496 e. The molecule has 2 aliphatic rings. The van der Waals surface area contributed by atoms with E-state index in [9.17, 15) is 0 Å². The molecule has 0 radical (unpaired) electrons. The van der Waals surface area contributed by atoms with Crippen LogP contribution in [0.2, 0.25) is 0 Å². The van der Waals surface area contributed by atoms with Crippen LogP contribution in [0, 0.1) is 5.92 Å². The number of benzene rings is 1. The van der Waals surface area contributed by atoms with Crippen molar-refractivity contribution in [1.29, 1.82) is 0 Å². The molecule has 1 atom stereocenters. The van der Waals surface area contributed by atoms with Gasteiger partial charge in [0.2, 0.25) is 0 Å². The molecule has 4 nitrogen and oxygen atoms in total. The van der Waals surface area contributed by atoms with Gasteiger partial charge in [-0.3, -0.25) is 4.98 Å². The van der Waals surface area contributed by atoms with Gasteiger partial charge in [-0.1, -0.05) is 18.9 Å². The fraction of sp³-hybridized carbons (Fsp3) is 0.522. The van der Waals surface area contributed by atoms with Gasteiger partial charge in [-0.25, -0.2) is 0 Å². The van der Waals surface area contributed by atoms with Gasteiger partial charge in [-0.15, -0.1) is 0 Å². The number of nitrogens with zero attached hydrogens (tertiary/aromatic N) is 2. The fourth-order valence-electron chi connectivity index (χ4n) is 4.77. The van der Waals surface area contributed by atoms with Gasteiger partial charge in [0.15, 0.2) is 0 Å². The zero-order valence-electron chi connectivity index (χ0n) is 16.5. The van der Waals surface area contributed by atoms with E-state index in [1.54, 1.807) is 14.2 Å². The van der Waals surface area contributed by atoms with Crippen molar-refractivity contribution in [2.45, 2.75) is 38.0 Å². The van der Waals surface area contributed by atoms with Crippen molar-refractivity contribution in [2.75, 3.05) is 33.9 Å². The highest BCUT2D eigenvalue weighted by Gasteiger charge is 2.27. The summed E-state index contributed by atoms with van der Waals surface area (Å²) < 4.78 is 11.1. The summed E-state index contributed by atoms with van der Waals surface area (Å²) in [6.07, 6.45) is 8.87. The number of hydrogen-bond acceptors (Lipinski definition) is 4. The minimum absolute atomic E-state index is 0.592. The molecule has 4 heteroatoms. The molecule has 1 saturated heterocycles. The lowest BCUT2D eigenvalue weighted by Gasteiger charge is -2.20. The molecule has 1 aromatic carbocycles. The van der Waals surface area contributed by atoms with Gasteiger partial charge in [0.05, 0.1) is 25.5 Å². The summed E-state index contributed by atoms with van der Waals surface area (Å²) in [6, 6.07) is 10.3. The number of methoxy groups -OCH3 is 2. The molecule has 144 valence electrons. The summed E-state index contributed by atoms with van der Waals surface area (Å²) in [5, 5.41) is 0. The quantitative estimate of drug-likeness (QED) is 0.739. The third-order valence-electron chi connectivity index (χ3n) is 6.20. The van der Waals surface area contributed by atoms with Gasteiger partial charge in [0.1, 0.15) is 11.5 Å². The molecule has 0 N–H and O–H groups in total. The second kappa shape index (κ2) is 8.30. The smallest absolute Gasteiger partial charge is 0.132 e. The molecule has 4 rings (SSSR count). The van der Waals surface area contributed by atoms with E-state index in [4.69, 9.17) is 9.47 Å². The Morgan fingerprint density at radius 3 is 2.48 bits per heavy atom. The van der Waals surface area contributed by atoms with E-state index >= 15 is 0 Å². The van der Waals surface area contributed by atoms with Crippen molar-refractivity contribution in [3.05, 3.63) is 42.1 Å². The molecule has 2 fully saturated rings. The van der Waals surface area contributed by atoms with Gasteiger partial charge in [-0.2, -0.15) is 0 Å². The summed E-state index contributed by atoms with van der Waals surface area (Å²) in [4.78, 5) is 7.30. The Labute approximate surface area is 162 Å². The topological polar surface area (TPSA) is 34.6 Å². The van der Waals surface area contributed by atoms with Crippen LogP contribution < -0.4 is 9.47 Å². The molecule has 0 bridgehead atoms. The van der Waals surface area contributed by atoms with Crippen molar-refractivity contribution < 1.29 is 9.47 Å². The molecule has 27 heavy (non-hydrogen) atoms. The first-order valence-corrected chi connectivity index (χ1v) is 10.2. The molecule has 1 aromatic heterocycles. The molecule has 2 heterocycles. The molecular formula is C23H30N2O2. The van der Waals surface area contributed by atoms with Crippen molar-refractivity contribution >= 4 is 0 Å². The minimum atomic E-state index is 0.592. The first-order chi connectivity index (χ1) is 13.3. The van der Waals surface area contributed by atoms with Crippen LogP contribution in [0.25, 0.3) is 11.3 Å². The van der Waals surface area contributed by atoms with Gasteiger partial charge in [-0.05, 0) is 67.5 Å². The lowest BCUT2D eigenvalue weighted by molar-refractivity contribution is 0.277. The van der Waals surface area contributed by atoms with Gasteiger partial charge in [0.25, 0.3) is 0 Å². The third kappa shape index (κ3) is 3.96. The van der Waals surface area contributed by atoms with Crippen LogP contribution in [0.1, 0.15) is 43.6 Å². The molecule has 0 spiro atoms. The first-order valence-electron chi connectivity index (χ1n) is 10.2. The van der Waals surface area contributed by atoms with Crippen LogP contribution in [0.5, 0.6) is 11.5 Å². The molecule has 1 saturated carbocycles. The van der Waals surface area contributed by atoms with E-state index in [1.807, 2.05) is 24.4 Å². The van der Waals surface area contributed by atoms with E-state index in [1.165, 1.54) is 57.3 Å². The number of pyridine rings is 1. The number of ether oxygens (including phenoxy) is 2. The van der Waals surface area contributed by atoms with Crippen molar-refractivity contribution in [3.8, 4) is 22.8 Å². The van der Waals surface area contributed by atoms with Crippen molar-refractivity contribution in [2.24, 2.45) is 5.92 Å². The number of likely N-dealkylation sites (tertiary alicyclic amines) is 1. The van der Waals surface area contributed by atoms with Crippen LogP contribution in [0.3, 0.4) is 0 Å². The monoisotopic (exact) mass is 366 g/mol. The maximum absolute atomic E-state index is 5.57. The van der Waals surface area contributed by atoms with Crippen LogP contribution in [-0.4, -0.2) is 43.7 Å². The zero-order chi connectivity index (χ0) is 18.6. The predicted octanol–water partition coefficient (Wildman–Crippen LogP) is 4.75. The molecule has 0 amide bonds. The third-order valence-corrected chi connectivity index (χ3v) is 6.20. The van der Waals surface area contributed by atoms with Crippen LogP contribution in [0.4, 0.5) is 0 Å². The SMILES string of the molecule is COc1cccc(OC)c1-c1cc([C@H]2CCN(CC3CCCC3)C2)ccn1. The highest BCUT2D eigenvalue weighted by molar-refractivity contribution is 5.74. The maximum Gasteiger partial charge on any atom is 0.132 e. The van der Waals surface area contributed by atoms with E-state index in [2.05, 4.69) is 22.0 Å². The van der Waals surface area contributed by atoms with E-state index in [-0.39, 0.29) is 0 Å². The Hall–Kier alpha value is -2.07. The number of rotatable bonds is 6. The van der Waals surface area contributed by atoms with Gasteiger partial charge < -0.3 is 14.4 Å². The summed E-state index contributed by atoms with van der Waals surface area (Å²) in [5.41, 5.74) is 3.24. The zero-order valence-corrected chi connectivity index (χ0v) is 16.5. The highest BCUT2D eigenvalue weighted by Crippen LogP contribution is 2.39. The molecule has 2 aromatic rings. The summed E-state index contributed by atoms with van der Waals surface area (Å²) in [7, 11) is 3.39. The fourth-order valence-corrected chi connectivity index (χ4v) is 4.77. The van der Waals surface area contributed by atoms with Gasteiger partial charge >= 0.3 is 0 Å². The normalized spacial score (nSPS) is 20.9. The standard InChI is InChI=1S/C23H30N2O2/c1-26-21-8-5-9-22(27-2)23(21)20-14-18(10-12-24-20)19-11-13-25(16-19)15-17-6-3-4-7-17/h5,8-10,12,14,17,19H,3-4,6-7,11,13,15-16H2,1-2H3/t19-/m0/s1. The lowest BCUT2D eigenvalue weighted by Crippen LogP contribution is -2.26. The van der Waals surface area contributed by atoms with Crippen molar-refractivity contribution in [1.82, 2.24) is 9.88 Å². The Morgan fingerprint density at radius 2 is 1.78 bits per heavy atom. The largest absolute Gasteiger partial charge is 0.496 e. The highest BCUT2D eigenvalue weighted by atomic mass is 16.5. The molecule has 1 aliphatic carbocycles. The average molecular weight is 367 g/mol. The Morgan fingerprint density at radius 1 is 1.04 bits per heavy atom. The second-order valence-corrected chi connectivity index (χ2v) is 7.91. The molecule has 0 unspecified atom stereocenters. The summed E-state index contributed by atoms with van der Waals surface area (Å²) >= 11 is 0. The van der Waals surface area contributed by atoms with Crippen LogP contribution in [-0.2, 0) is 0 Å². The Bertz CT molecular complexity index is 748. The maximum atomic E-state index is 5.57. The van der Waals surface area contributed by atoms with Gasteiger partial charge in [0, 0.05) is 19.3 Å². The van der Waals surface area contributed by atoms with E-state index in [0.29, 0.717) is 5.92 Å². The Balaban J connectivity index is 1.53. The summed E-state index contributed by atoms with van der Waals surface area (Å²) in [5.74, 6) is 3.12. The number of hydrogen-bond donors (Lipinski definition) is 0. The molecular weight excluding hydrogens is 336 g/mol. The average Bonchev–Trinajstić information content (AvgIpc) is 3.40. The summed E-state index contributed by atoms with van der Waals surface area (Å²) in [6.45, 7) is 3.68. The van der Waals surface area contributed by atoms with Crippen LogP contribution >= 0.6 is 0 Å². The van der Waals surface area contributed by atoms with E-state index < -0.39 is 0 Å². The lowest BCUT2D eigenvalue weighted by atomic mass is 9.97. The second-order valence-electron chi connectivity index (χ2n) is 7.91. The van der Waals surface area contributed by atoms with Crippen molar-refractivity contribution in [3.63, 3.8) is 0 Å². The predicted molar refractivity (Wildman–Crippen MR) is 109 cm³/mol. The number of aromatic nitrogens is 1. The Kier molecular flexibility index (Phi) is 5.63. The first kappa shape index (κ1) is 18.3. The van der Waals surface area contributed by atoms with Crippen LogP contribution in [0.15, 0.2) is 36.5 Å². The van der Waals surface area contributed by atoms with E-state index in [0.717, 1.165) is 28.7 Å².